The Balaban J connectivity index is 1.67. The van der Waals surface area contributed by atoms with Crippen molar-refractivity contribution in [3.63, 3.8) is 0 Å². The molecule has 0 spiro atoms. The van der Waals surface area contributed by atoms with Crippen LogP contribution in [0, 0.1) is 5.92 Å². The van der Waals surface area contributed by atoms with Crippen molar-refractivity contribution in [3.05, 3.63) is 12.4 Å². The van der Waals surface area contributed by atoms with Crippen LogP contribution in [-0.2, 0) is 4.74 Å². The van der Waals surface area contributed by atoms with Crippen molar-refractivity contribution in [1.82, 2.24) is 9.97 Å². The topological polar surface area (TPSA) is 50.3 Å². The van der Waals surface area contributed by atoms with Gasteiger partial charge in [-0.2, -0.15) is 0 Å². The van der Waals surface area contributed by atoms with E-state index in [-0.39, 0.29) is 0 Å². The van der Waals surface area contributed by atoms with Gasteiger partial charge in [0, 0.05) is 25.2 Å². The molecule has 1 aromatic heterocycles. The van der Waals surface area contributed by atoms with Gasteiger partial charge in [-0.15, -0.1) is 0 Å². The first-order valence-corrected chi connectivity index (χ1v) is 7.74. The Morgan fingerprint density at radius 2 is 2.00 bits per heavy atom. The molecular formula is C15H24N4O. The Morgan fingerprint density at radius 3 is 2.80 bits per heavy atom. The average Bonchev–Trinajstić information content (AvgIpc) is 2.51. The zero-order chi connectivity index (χ0) is 13.8. The predicted molar refractivity (Wildman–Crippen MR) is 80.1 cm³/mol. The highest BCUT2D eigenvalue weighted by molar-refractivity contribution is 5.49. The van der Waals surface area contributed by atoms with E-state index in [0.29, 0.717) is 6.04 Å². The first-order chi connectivity index (χ1) is 9.83. The minimum absolute atomic E-state index is 0.552. The molecule has 1 aromatic rings. The number of rotatable bonds is 3. The second kappa shape index (κ2) is 6.39. The van der Waals surface area contributed by atoms with Crippen molar-refractivity contribution in [1.29, 1.82) is 0 Å². The highest BCUT2D eigenvalue weighted by atomic mass is 16.5. The predicted octanol–water partition coefficient (Wildman–Crippen LogP) is 2.30. The lowest BCUT2D eigenvalue weighted by Crippen LogP contribution is -2.37. The molecule has 0 radical (unpaired) electrons. The summed E-state index contributed by atoms with van der Waals surface area (Å²) in [5.41, 5.74) is 0. The summed E-state index contributed by atoms with van der Waals surface area (Å²) in [6.07, 6.45) is 6.92. The first-order valence-electron chi connectivity index (χ1n) is 7.74. The molecular weight excluding hydrogens is 252 g/mol. The Morgan fingerprint density at radius 1 is 1.20 bits per heavy atom. The number of aromatic nitrogens is 2. The summed E-state index contributed by atoms with van der Waals surface area (Å²) in [7, 11) is 0. The minimum Gasteiger partial charge on any atom is -0.378 e. The molecule has 1 N–H and O–H groups in total. The van der Waals surface area contributed by atoms with Gasteiger partial charge in [-0.25, -0.2) is 9.97 Å². The fraction of sp³-hybridized carbons (Fsp3) is 0.733. The van der Waals surface area contributed by atoms with Crippen molar-refractivity contribution in [3.8, 4) is 0 Å². The Hall–Kier alpha value is -1.36. The van der Waals surface area contributed by atoms with E-state index in [1.165, 1.54) is 25.7 Å². The molecule has 3 rings (SSSR count). The van der Waals surface area contributed by atoms with Gasteiger partial charge in [0.2, 0.25) is 0 Å². The van der Waals surface area contributed by atoms with Crippen LogP contribution in [0.1, 0.15) is 32.6 Å². The van der Waals surface area contributed by atoms with Crippen LogP contribution in [0.25, 0.3) is 0 Å². The number of nitrogens with one attached hydrogen (secondary N) is 1. The van der Waals surface area contributed by atoms with Gasteiger partial charge in [0.05, 0.1) is 13.2 Å². The largest absolute Gasteiger partial charge is 0.378 e. The summed E-state index contributed by atoms with van der Waals surface area (Å²) >= 11 is 0. The molecule has 5 heteroatoms. The van der Waals surface area contributed by atoms with Crippen LogP contribution in [0.15, 0.2) is 12.4 Å². The Kier molecular flexibility index (Phi) is 4.35. The first kappa shape index (κ1) is 13.6. The van der Waals surface area contributed by atoms with Gasteiger partial charge in [0.25, 0.3) is 0 Å². The van der Waals surface area contributed by atoms with Gasteiger partial charge in [-0.05, 0) is 18.8 Å². The molecule has 0 aromatic carbocycles. The third-order valence-electron chi connectivity index (χ3n) is 4.43. The van der Waals surface area contributed by atoms with E-state index >= 15 is 0 Å². The van der Waals surface area contributed by atoms with Crippen molar-refractivity contribution in [2.75, 3.05) is 36.5 Å². The summed E-state index contributed by atoms with van der Waals surface area (Å²) in [5.74, 6) is 2.69. The standard InChI is InChI=1S/C15H24N4O/c1-12-4-2-3-5-13(12)18-14-10-15(17-11-16-14)19-6-8-20-9-7-19/h10-13H,2-9H2,1H3,(H,16,17,18). The summed E-state index contributed by atoms with van der Waals surface area (Å²) in [4.78, 5) is 11.0. The SMILES string of the molecule is CC1CCCCC1Nc1cc(N2CCOCC2)ncn1. The van der Waals surface area contributed by atoms with E-state index < -0.39 is 0 Å². The van der Waals surface area contributed by atoms with E-state index in [0.717, 1.165) is 43.9 Å². The zero-order valence-corrected chi connectivity index (χ0v) is 12.2. The van der Waals surface area contributed by atoms with Crippen LogP contribution >= 0.6 is 0 Å². The fourth-order valence-corrected chi connectivity index (χ4v) is 3.11. The van der Waals surface area contributed by atoms with E-state index in [2.05, 4.69) is 33.2 Å². The number of nitrogens with zero attached hydrogens (tertiary/aromatic N) is 3. The molecule has 20 heavy (non-hydrogen) atoms. The normalized spacial score (nSPS) is 27.4. The molecule has 2 atom stereocenters. The zero-order valence-electron chi connectivity index (χ0n) is 12.2. The summed E-state index contributed by atoms with van der Waals surface area (Å²) in [6, 6.07) is 2.63. The van der Waals surface area contributed by atoms with Crippen LogP contribution in [0.4, 0.5) is 11.6 Å². The second-order valence-electron chi connectivity index (χ2n) is 5.87. The Labute approximate surface area is 120 Å². The van der Waals surface area contributed by atoms with Crippen LogP contribution in [0.3, 0.4) is 0 Å². The maximum Gasteiger partial charge on any atom is 0.134 e. The number of hydrogen-bond donors (Lipinski definition) is 1. The lowest BCUT2D eigenvalue weighted by molar-refractivity contribution is 0.122. The van der Waals surface area contributed by atoms with Crippen molar-refractivity contribution >= 4 is 11.6 Å². The van der Waals surface area contributed by atoms with Gasteiger partial charge < -0.3 is 15.0 Å². The van der Waals surface area contributed by atoms with Gasteiger partial charge in [0.1, 0.15) is 18.0 Å². The molecule has 1 saturated carbocycles. The van der Waals surface area contributed by atoms with E-state index in [1.54, 1.807) is 6.33 Å². The van der Waals surface area contributed by atoms with Crippen LogP contribution in [0.2, 0.25) is 0 Å². The van der Waals surface area contributed by atoms with E-state index in [9.17, 15) is 0 Å². The maximum absolute atomic E-state index is 5.39. The summed E-state index contributed by atoms with van der Waals surface area (Å²) < 4.78 is 5.39. The molecule has 1 saturated heterocycles. The fourth-order valence-electron chi connectivity index (χ4n) is 3.11. The molecule has 2 unspecified atom stereocenters. The molecule has 0 bridgehead atoms. The smallest absolute Gasteiger partial charge is 0.134 e. The summed E-state index contributed by atoms with van der Waals surface area (Å²) in [5, 5.41) is 3.60. The number of ether oxygens (including phenoxy) is 1. The highest BCUT2D eigenvalue weighted by Gasteiger charge is 2.21. The third kappa shape index (κ3) is 3.20. The summed E-state index contributed by atoms with van der Waals surface area (Å²) in [6.45, 7) is 5.73. The average molecular weight is 276 g/mol. The lowest BCUT2D eigenvalue weighted by atomic mass is 9.86. The van der Waals surface area contributed by atoms with Crippen LogP contribution in [-0.4, -0.2) is 42.3 Å². The van der Waals surface area contributed by atoms with Gasteiger partial charge in [0.15, 0.2) is 0 Å². The van der Waals surface area contributed by atoms with Crippen LogP contribution in [0.5, 0.6) is 0 Å². The number of hydrogen-bond acceptors (Lipinski definition) is 5. The Bertz CT molecular complexity index is 434. The lowest BCUT2D eigenvalue weighted by Gasteiger charge is -2.31. The van der Waals surface area contributed by atoms with Crippen molar-refractivity contribution in [2.45, 2.75) is 38.6 Å². The monoisotopic (exact) mass is 276 g/mol. The molecule has 110 valence electrons. The molecule has 0 amide bonds. The molecule has 5 nitrogen and oxygen atoms in total. The molecule has 2 fully saturated rings. The molecule has 2 heterocycles. The van der Waals surface area contributed by atoms with E-state index in [1.807, 2.05) is 0 Å². The number of anilines is 2. The van der Waals surface area contributed by atoms with Crippen LogP contribution < -0.4 is 10.2 Å². The quantitative estimate of drug-likeness (QED) is 0.918. The van der Waals surface area contributed by atoms with Crippen molar-refractivity contribution < 1.29 is 4.74 Å². The van der Waals surface area contributed by atoms with Gasteiger partial charge in [-0.1, -0.05) is 19.8 Å². The second-order valence-corrected chi connectivity index (χ2v) is 5.87. The van der Waals surface area contributed by atoms with Gasteiger partial charge in [-0.3, -0.25) is 0 Å². The number of morpholine rings is 1. The van der Waals surface area contributed by atoms with E-state index in [4.69, 9.17) is 4.74 Å². The molecule has 1 aliphatic carbocycles. The van der Waals surface area contributed by atoms with Crippen molar-refractivity contribution in [2.24, 2.45) is 5.92 Å². The van der Waals surface area contributed by atoms with Gasteiger partial charge >= 0.3 is 0 Å². The third-order valence-corrected chi connectivity index (χ3v) is 4.43. The minimum atomic E-state index is 0.552. The molecule has 1 aliphatic heterocycles. The highest BCUT2D eigenvalue weighted by Crippen LogP contribution is 2.27. The molecule has 2 aliphatic rings. The maximum atomic E-state index is 5.39.